The number of carbonyl (C=O) groups is 2. The van der Waals surface area contributed by atoms with E-state index >= 15 is 0 Å². The van der Waals surface area contributed by atoms with Gasteiger partial charge in [0.2, 0.25) is 5.91 Å². The quantitative estimate of drug-likeness (QED) is 0.864. The van der Waals surface area contributed by atoms with Gasteiger partial charge < -0.3 is 0 Å². The van der Waals surface area contributed by atoms with Crippen LogP contribution >= 0.6 is 31.9 Å². The van der Waals surface area contributed by atoms with Crippen LogP contribution in [0.2, 0.25) is 0 Å². The van der Waals surface area contributed by atoms with Crippen LogP contribution in [0.15, 0.2) is 27.1 Å². The van der Waals surface area contributed by atoms with Crippen LogP contribution in [0.3, 0.4) is 0 Å². The van der Waals surface area contributed by atoms with Gasteiger partial charge in [-0.15, -0.1) is 0 Å². The Kier molecular flexibility index (Phi) is 3.83. The lowest BCUT2D eigenvalue weighted by Crippen LogP contribution is -2.28. The molecule has 0 spiro atoms. The third kappa shape index (κ3) is 2.92. The first-order chi connectivity index (χ1) is 6.50. The van der Waals surface area contributed by atoms with Crippen molar-refractivity contribution < 1.29 is 9.59 Å². The molecule has 0 unspecified atom stereocenters. The molecule has 2 amide bonds. The predicted octanol–water partition coefficient (Wildman–Crippen LogP) is 2.49. The minimum Gasteiger partial charge on any atom is -0.293 e. The molecule has 14 heavy (non-hydrogen) atoms. The standard InChI is InChI=1S/C9H7Br2NO2/c1-5(13)12-9(14)7-4-6(10)2-3-8(7)11/h2-4H,1H3,(H,12,13,14). The highest BCUT2D eigenvalue weighted by Gasteiger charge is 2.11. The fourth-order valence-electron chi connectivity index (χ4n) is 0.899. The minimum atomic E-state index is -0.411. The van der Waals surface area contributed by atoms with Gasteiger partial charge in [-0.05, 0) is 34.1 Å². The Labute approximate surface area is 98.1 Å². The van der Waals surface area contributed by atoms with Crippen LogP contribution < -0.4 is 5.32 Å². The van der Waals surface area contributed by atoms with E-state index in [2.05, 4.69) is 37.2 Å². The van der Waals surface area contributed by atoms with E-state index in [1.54, 1.807) is 18.2 Å². The number of hydrogen-bond donors (Lipinski definition) is 1. The number of amides is 2. The molecule has 0 atom stereocenters. The van der Waals surface area contributed by atoms with Crippen molar-refractivity contribution in [1.82, 2.24) is 5.32 Å². The van der Waals surface area contributed by atoms with Gasteiger partial charge in [0, 0.05) is 15.9 Å². The lowest BCUT2D eigenvalue weighted by atomic mass is 10.2. The van der Waals surface area contributed by atoms with E-state index in [0.29, 0.717) is 10.0 Å². The van der Waals surface area contributed by atoms with Crippen molar-refractivity contribution in [2.45, 2.75) is 6.92 Å². The summed E-state index contributed by atoms with van der Waals surface area (Å²) in [5.41, 5.74) is 0.426. The maximum atomic E-state index is 11.4. The van der Waals surface area contributed by atoms with E-state index in [1.165, 1.54) is 6.92 Å². The largest absolute Gasteiger partial charge is 0.293 e. The lowest BCUT2D eigenvalue weighted by molar-refractivity contribution is -0.118. The van der Waals surface area contributed by atoms with Gasteiger partial charge in [0.1, 0.15) is 0 Å². The molecule has 74 valence electrons. The first-order valence-corrected chi connectivity index (χ1v) is 5.36. The van der Waals surface area contributed by atoms with Crippen molar-refractivity contribution in [3.63, 3.8) is 0 Å². The summed E-state index contributed by atoms with van der Waals surface area (Å²) in [5, 5.41) is 2.20. The topological polar surface area (TPSA) is 46.2 Å². The summed E-state index contributed by atoms with van der Waals surface area (Å²) >= 11 is 6.47. The second-order valence-electron chi connectivity index (χ2n) is 2.63. The fourth-order valence-corrected chi connectivity index (χ4v) is 1.69. The summed E-state index contributed by atoms with van der Waals surface area (Å²) in [6.45, 7) is 1.30. The number of rotatable bonds is 1. The van der Waals surface area contributed by atoms with Gasteiger partial charge in [0.15, 0.2) is 0 Å². The Morgan fingerprint density at radius 2 is 1.93 bits per heavy atom. The zero-order valence-corrected chi connectivity index (χ0v) is 10.5. The first-order valence-electron chi connectivity index (χ1n) is 3.77. The zero-order chi connectivity index (χ0) is 10.7. The van der Waals surface area contributed by atoms with E-state index in [0.717, 1.165) is 4.47 Å². The van der Waals surface area contributed by atoms with Crippen molar-refractivity contribution >= 4 is 43.7 Å². The van der Waals surface area contributed by atoms with Crippen LogP contribution in [0, 0.1) is 0 Å². The normalized spacial score (nSPS) is 9.64. The van der Waals surface area contributed by atoms with Gasteiger partial charge in [0.25, 0.3) is 5.91 Å². The second kappa shape index (κ2) is 4.70. The number of carbonyl (C=O) groups excluding carboxylic acids is 2. The summed E-state index contributed by atoms with van der Waals surface area (Å²) in [5.74, 6) is -0.785. The Balaban J connectivity index is 3.00. The minimum absolute atomic E-state index is 0.373. The Bertz CT molecular complexity index is 390. The molecule has 0 aromatic heterocycles. The summed E-state index contributed by atoms with van der Waals surface area (Å²) in [6.07, 6.45) is 0. The van der Waals surface area contributed by atoms with Gasteiger partial charge in [-0.25, -0.2) is 0 Å². The van der Waals surface area contributed by atoms with Crippen molar-refractivity contribution in [2.24, 2.45) is 0 Å². The maximum Gasteiger partial charge on any atom is 0.259 e. The van der Waals surface area contributed by atoms with E-state index in [-0.39, 0.29) is 5.91 Å². The molecule has 0 saturated heterocycles. The summed E-state index contributed by atoms with van der Waals surface area (Å²) in [7, 11) is 0. The Hall–Kier alpha value is -0.680. The molecule has 0 heterocycles. The summed E-state index contributed by atoms with van der Waals surface area (Å²) < 4.78 is 1.44. The maximum absolute atomic E-state index is 11.4. The van der Waals surface area contributed by atoms with Crippen molar-refractivity contribution in [3.8, 4) is 0 Å². The summed E-state index contributed by atoms with van der Waals surface area (Å²) in [6, 6.07) is 5.18. The number of nitrogens with one attached hydrogen (secondary N) is 1. The predicted molar refractivity (Wildman–Crippen MR) is 60.0 cm³/mol. The monoisotopic (exact) mass is 319 g/mol. The van der Waals surface area contributed by atoms with Crippen LogP contribution in [-0.4, -0.2) is 11.8 Å². The highest BCUT2D eigenvalue weighted by atomic mass is 79.9. The molecule has 1 N–H and O–H groups in total. The Morgan fingerprint density at radius 1 is 1.29 bits per heavy atom. The number of benzene rings is 1. The molecule has 0 aliphatic rings. The number of imide groups is 1. The highest BCUT2D eigenvalue weighted by Crippen LogP contribution is 2.21. The molecule has 3 nitrogen and oxygen atoms in total. The molecule has 0 aliphatic carbocycles. The molecule has 0 bridgehead atoms. The molecule has 0 saturated carbocycles. The van der Waals surface area contributed by atoms with Crippen molar-refractivity contribution in [2.75, 3.05) is 0 Å². The van der Waals surface area contributed by atoms with Gasteiger partial charge in [-0.1, -0.05) is 15.9 Å². The van der Waals surface area contributed by atoms with Crippen LogP contribution in [0.4, 0.5) is 0 Å². The van der Waals surface area contributed by atoms with Crippen LogP contribution in [0.5, 0.6) is 0 Å². The zero-order valence-electron chi connectivity index (χ0n) is 7.30. The van der Waals surface area contributed by atoms with Crippen LogP contribution in [-0.2, 0) is 4.79 Å². The first kappa shape index (κ1) is 11.4. The van der Waals surface area contributed by atoms with Gasteiger partial charge in [0.05, 0.1) is 5.56 Å². The van der Waals surface area contributed by atoms with Gasteiger partial charge in [-0.2, -0.15) is 0 Å². The molecule has 0 aliphatic heterocycles. The summed E-state index contributed by atoms with van der Waals surface area (Å²) in [4.78, 5) is 22.1. The molecule has 1 aromatic rings. The highest BCUT2D eigenvalue weighted by molar-refractivity contribution is 9.11. The van der Waals surface area contributed by atoms with Crippen LogP contribution in [0.25, 0.3) is 0 Å². The molecular formula is C9H7Br2NO2. The third-order valence-corrected chi connectivity index (χ3v) is 2.65. The van der Waals surface area contributed by atoms with Crippen LogP contribution in [0.1, 0.15) is 17.3 Å². The molecule has 1 rings (SSSR count). The molecule has 1 aromatic carbocycles. The number of halogens is 2. The lowest BCUT2D eigenvalue weighted by Gasteiger charge is -2.03. The molecular weight excluding hydrogens is 314 g/mol. The van der Waals surface area contributed by atoms with E-state index < -0.39 is 5.91 Å². The Morgan fingerprint density at radius 3 is 2.50 bits per heavy atom. The molecule has 0 fully saturated rings. The smallest absolute Gasteiger partial charge is 0.259 e. The van der Waals surface area contributed by atoms with E-state index in [4.69, 9.17) is 0 Å². The molecule has 5 heteroatoms. The molecule has 0 radical (unpaired) electrons. The third-order valence-electron chi connectivity index (χ3n) is 1.46. The average Bonchev–Trinajstić information content (AvgIpc) is 2.08. The van der Waals surface area contributed by atoms with Gasteiger partial charge >= 0.3 is 0 Å². The van der Waals surface area contributed by atoms with E-state index in [1.807, 2.05) is 0 Å². The van der Waals surface area contributed by atoms with E-state index in [9.17, 15) is 9.59 Å². The second-order valence-corrected chi connectivity index (χ2v) is 4.40. The van der Waals surface area contributed by atoms with Crippen molar-refractivity contribution in [1.29, 1.82) is 0 Å². The average molecular weight is 321 g/mol. The van der Waals surface area contributed by atoms with Crippen molar-refractivity contribution in [3.05, 3.63) is 32.7 Å². The fraction of sp³-hybridized carbons (Fsp3) is 0.111. The SMILES string of the molecule is CC(=O)NC(=O)c1cc(Br)ccc1Br. The number of hydrogen-bond acceptors (Lipinski definition) is 2. The van der Waals surface area contributed by atoms with Gasteiger partial charge in [-0.3, -0.25) is 14.9 Å².